The maximum Gasteiger partial charge on any atom is 0.143 e. The molecule has 4 nitrogen and oxygen atoms in total. The lowest BCUT2D eigenvalue weighted by Gasteiger charge is -2.17. The zero-order chi connectivity index (χ0) is 15.2. The van der Waals surface area contributed by atoms with Crippen LogP contribution in [0.2, 0.25) is 0 Å². The molecule has 2 rings (SSSR count). The Hall–Kier alpha value is -2.74. The fraction of sp³-hybridized carbons (Fsp3) is 0.188. The van der Waals surface area contributed by atoms with Crippen LogP contribution in [-0.2, 0) is 0 Å². The average Bonchev–Trinajstić information content (AvgIpc) is 2.53. The van der Waals surface area contributed by atoms with Gasteiger partial charge in [-0.2, -0.15) is 5.26 Å². The van der Waals surface area contributed by atoms with Crippen molar-refractivity contribution in [2.45, 2.75) is 6.04 Å². The van der Waals surface area contributed by atoms with Crippen molar-refractivity contribution in [3.8, 4) is 17.6 Å². The molecule has 0 aromatic heterocycles. The zero-order valence-corrected chi connectivity index (χ0v) is 11.8. The van der Waals surface area contributed by atoms with Gasteiger partial charge < -0.3 is 14.8 Å². The minimum Gasteiger partial charge on any atom is -0.497 e. The third kappa shape index (κ3) is 3.42. The van der Waals surface area contributed by atoms with Crippen LogP contribution in [0.15, 0.2) is 42.5 Å². The molecule has 0 heterocycles. The van der Waals surface area contributed by atoms with Crippen LogP contribution in [0.1, 0.15) is 11.6 Å². The van der Waals surface area contributed by atoms with E-state index in [9.17, 15) is 9.65 Å². The number of hydrogen-bond acceptors (Lipinski definition) is 4. The number of rotatable bonds is 5. The van der Waals surface area contributed by atoms with Crippen LogP contribution in [-0.4, -0.2) is 14.2 Å². The second kappa shape index (κ2) is 6.62. The largest absolute Gasteiger partial charge is 0.497 e. The monoisotopic (exact) mass is 286 g/mol. The van der Waals surface area contributed by atoms with Crippen molar-refractivity contribution in [3.05, 3.63) is 53.8 Å². The van der Waals surface area contributed by atoms with E-state index in [-0.39, 0.29) is 5.82 Å². The fourth-order valence-electron chi connectivity index (χ4n) is 1.96. The normalized spacial score (nSPS) is 11.3. The van der Waals surface area contributed by atoms with Crippen molar-refractivity contribution < 1.29 is 13.9 Å². The third-order valence-electron chi connectivity index (χ3n) is 3.03. The smallest absolute Gasteiger partial charge is 0.143 e. The molecule has 108 valence electrons. The van der Waals surface area contributed by atoms with E-state index in [0.717, 1.165) is 0 Å². The van der Waals surface area contributed by atoms with Gasteiger partial charge in [-0.25, -0.2) is 4.39 Å². The topological polar surface area (TPSA) is 54.3 Å². The van der Waals surface area contributed by atoms with Crippen LogP contribution in [0.3, 0.4) is 0 Å². The van der Waals surface area contributed by atoms with Crippen LogP contribution in [0.5, 0.6) is 11.5 Å². The van der Waals surface area contributed by atoms with Gasteiger partial charge in [-0.1, -0.05) is 0 Å². The SMILES string of the molecule is COc1ccc(OC)c(C(C#N)Nc2ccc(F)cc2)c1. The maximum absolute atomic E-state index is 12.9. The number of benzene rings is 2. The number of methoxy groups -OCH3 is 2. The average molecular weight is 286 g/mol. The van der Waals surface area contributed by atoms with Gasteiger partial charge in [0.05, 0.1) is 20.3 Å². The summed E-state index contributed by atoms with van der Waals surface area (Å²) in [5.41, 5.74) is 1.30. The second-order valence-electron chi connectivity index (χ2n) is 4.32. The van der Waals surface area contributed by atoms with Crippen LogP contribution in [0, 0.1) is 17.1 Å². The standard InChI is InChI=1S/C16H15FN2O2/c1-20-13-7-8-16(21-2)14(9-13)15(10-18)19-12-5-3-11(17)4-6-12/h3-9,15,19H,1-2H3. The number of nitriles is 1. The molecule has 0 aliphatic heterocycles. The summed E-state index contributed by atoms with van der Waals surface area (Å²) >= 11 is 0. The molecule has 0 bridgehead atoms. The maximum atomic E-state index is 12.9. The molecule has 5 heteroatoms. The van der Waals surface area contributed by atoms with Gasteiger partial charge in [0, 0.05) is 11.3 Å². The summed E-state index contributed by atoms with van der Waals surface area (Å²) in [6.07, 6.45) is 0. The van der Waals surface area contributed by atoms with Crippen LogP contribution < -0.4 is 14.8 Å². The highest BCUT2D eigenvalue weighted by Crippen LogP contribution is 2.31. The first-order chi connectivity index (χ1) is 10.2. The van der Waals surface area contributed by atoms with Crippen molar-refractivity contribution in [1.29, 1.82) is 5.26 Å². The fourth-order valence-corrected chi connectivity index (χ4v) is 1.96. The summed E-state index contributed by atoms with van der Waals surface area (Å²) in [5.74, 6) is 0.886. The molecule has 0 aliphatic rings. The van der Waals surface area contributed by atoms with E-state index in [4.69, 9.17) is 9.47 Å². The highest BCUT2D eigenvalue weighted by atomic mass is 19.1. The van der Waals surface area contributed by atoms with Crippen LogP contribution in [0.25, 0.3) is 0 Å². The minimum absolute atomic E-state index is 0.326. The van der Waals surface area contributed by atoms with Gasteiger partial charge in [0.2, 0.25) is 0 Å². The Kier molecular flexibility index (Phi) is 4.62. The highest BCUT2D eigenvalue weighted by molar-refractivity contribution is 5.52. The van der Waals surface area contributed by atoms with Crippen molar-refractivity contribution in [2.24, 2.45) is 0 Å². The summed E-state index contributed by atoms with van der Waals surface area (Å²) in [6, 6.07) is 12.6. The van der Waals surface area contributed by atoms with Crippen molar-refractivity contribution >= 4 is 5.69 Å². The number of halogens is 1. The second-order valence-corrected chi connectivity index (χ2v) is 4.32. The Morgan fingerprint density at radius 1 is 1.10 bits per heavy atom. The third-order valence-corrected chi connectivity index (χ3v) is 3.03. The summed E-state index contributed by atoms with van der Waals surface area (Å²) in [6.45, 7) is 0. The number of ether oxygens (including phenoxy) is 2. The summed E-state index contributed by atoms with van der Waals surface area (Å²) < 4.78 is 23.4. The molecule has 0 saturated carbocycles. The molecule has 0 saturated heterocycles. The zero-order valence-electron chi connectivity index (χ0n) is 11.8. The van der Waals surface area contributed by atoms with Crippen molar-refractivity contribution in [2.75, 3.05) is 19.5 Å². The quantitative estimate of drug-likeness (QED) is 0.913. The molecule has 2 aromatic rings. The number of anilines is 1. The van der Waals surface area contributed by atoms with Crippen molar-refractivity contribution in [3.63, 3.8) is 0 Å². The van der Waals surface area contributed by atoms with E-state index in [1.807, 2.05) is 0 Å². The Labute approximate surface area is 122 Å². The molecule has 0 fully saturated rings. The molecule has 2 aromatic carbocycles. The predicted molar refractivity (Wildman–Crippen MR) is 77.9 cm³/mol. The molecular formula is C16H15FN2O2. The summed E-state index contributed by atoms with van der Waals surface area (Å²) in [5, 5.41) is 12.4. The molecule has 0 spiro atoms. The molecule has 1 N–H and O–H groups in total. The van der Waals surface area contributed by atoms with Gasteiger partial charge in [0.1, 0.15) is 23.4 Å². The van der Waals surface area contributed by atoms with Crippen molar-refractivity contribution in [1.82, 2.24) is 0 Å². The van der Waals surface area contributed by atoms with Crippen LogP contribution in [0.4, 0.5) is 10.1 Å². The van der Waals surface area contributed by atoms with E-state index in [1.54, 1.807) is 37.4 Å². The van der Waals surface area contributed by atoms with E-state index in [0.29, 0.717) is 22.7 Å². The van der Waals surface area contributed by atoms with Gasteiger partial charge >= 0.3 is 0 Å². The van der Waals surface area contributed by atoms with Gasteiger partial charge in [0.15, 0.2) is 0 Å². The molecule has 1 atom stereocenters. The minimum atomic E-state index is -0.638. The van der Waals surface area contributed by atoms with E-state index < -0.39 is 6.04 Å². The highest BCUT2D eigenvalue weighted by Gasteiger charge is 2.16. The Balaban J connectivity index is 2.32. The molecule has 0 aliphatic carbocycles. The molecule has 0 amide bonds. The lowest BCUT2D eigenvalue weighted by atomic mass is 10.1. The molecule has 0 radical (unpaired) electrons. The number of nitrogens with one attached hydrogen (secondary N) is 1. The lowest BCUT2D eigenvalue weighted by molar-refractivity contribution is 0.398. The van der Waals surface area contributed by atoms with E-state index in [1.165, 1.54) is 19.2 Å². The first-order valence-corrected chi connectivity index (χ1v) is 6.31. The first kappa shape index (κ1) is 14.7. The number of nitrogens with zero attached hydrogens (tertiary/aromatic N) is 1. The summed E-state index contributed by atoms with van der Waals surface area (Å²) in [7, 11) is 3.10. The Morgan fingerprint density at radius 2 is 1.81 bits per heavy atom. The molecule has 21 heavy (non-hydrogen) atoms. The van der Waals surface area contributed by atoms with Gasteiger partial charge in [-0.15, -0.1) is 0 Å². The van der Waals surface area contributed by atoms with Gasteiger partial charge in [-0.05, 0) is 42.5 Å². The molecular weight excluding hydrogens is 271 g/mol. The van der Waals surface area contributed by atoms with Crippen LogP contribution >= 0.6 is 0 Å². The predicted octanol–water partition coefficient (Wildman–Crippen LogP) is 3.52. The summed E-state index contributed by atoms with van der Waals surface area (Å²) in [4.78, 5) is 0. The Morgan fingerprint density at radius 3 is 2.38 bits per heavy atom. The number of hydrogen-bond donors (Lipinski definition) is 1. The van der Waals surface area contributed by atoms with E-state index >= 15 is 0 Å². The van der Waals surface area contributed by atoms with Gasteiger partial charge in [0.25, 0.3) is 0 Å². The lowest BCUT2D eigenvalue weighted by Crippen LogP contribution is -2.10. The van der Waals surface area contributed by atoms with E-state index in [2.05, 4.69) is 11.4 Å². The Bertz CT molecular complexity index is 650. The van der Waals surface area contributed by atoms with Gasteiger partial charge in [-0.3, -0.25) is 0 Å². The molecule has 1 unspecified atom stereocenters. The first-order valence-electron chi connectivity index (χ1n) is 6.31.